The zero-order valence-corrected chi connectivity index (χ0v) is 9.77. The monoisotopic (exact) mass is 248 g/mol. The molecule has 0 aliphatic rings. The molecule has 0 aliphatic heterocycles. The lowest BCUT2D eigenvalue weighted by Crippen LogP contribution is -2.14. The molecule has 0 bridgehead atoms. The van der Waals surface area contributed by atoms with Gasteiger partial charge in [-0.1, -0.05) is 11.6 Å². The molecule has 0 atom stereocenters. The highest BCUT2D eigenvalue weighted by molar-refractivity contribution is 6.29. The molecule has 17 heavy (non-hydrogen) atoms. The number of carbonyl (C=O) groups is 1. The van der Waals surface area contributed by atoms with Crippen LogP contribution in [0.2, 0.25) is 5.15 Å². The topological polar surface area (TPSA) is 67.8 Å². The molecule has 0 unspecified atom stereocenters. The fourth-order valence-electron chi connectivity index (χ4n) is 1.21. The first-order valence-corrected chi connectivity index (χ1v) is 5.24. The van der Waals surface area contributed by atoms with Crippen LogP contribution in [0.5, 0.6) is 0 Å². The molecule has 2 heterocycles. The zero-order valence-electron chi connectivity index (χ0n) is 9.01. The van der Waals surface area contributed by atoms with Crippen LogP contribution < -0.4 is 5.32 Å². The van der Waals surface area contributed by atoms with Gasteiger partial charge in [-0.2, -0.15) is 0 Å². The standard InChI is InChI=1S/C11H9ClN4O/c1-7-2-3-13-10(4-7)16-11(17)8-5-15-9(12)6-14-8/h2-6H,1H3,(H,13,16,17). The second-order valence-corrected chi connectivity index (χ2v) is 3.78. The Balaban J connectivity index is 2.14. The summed E-state index contributed by atoms with van der Waals surface area (Å²) in [7, 11) is 0. The Morgan fingerprint density at radius 2 is 2.12 bits per heavy atom. The third-order valence-electron chi connectivity index (χ3n) is 2.01. The number of nitrogens with one attached hydrogen (secondary N) is 1. The molecule has 0 spiro atoms. The first-order chi connectivity index (χ1) is 8.15. The Bertz CT molecular complexity index is 541. The normalized spacial score (nSPS) is 10.0. The number of aryl methyl sites for hydroxylation is 1. The van der Waals surface area contributed by atoms with Crippen LogP contribution in [0.1, 0.15) is 16.1 Å². The van der Waals surface area contributed by atoms with Crippen molar-refractivity contribution in [2.24, 2.45) is 0 Å². The fourth-order valence-corrected chi connectivity index (χ4v) is 1.31. The van der Waals surface area contributed by atoms with E-state index in [1.54, 1.807) is 12.3 Å². The number of anilines is 1. The minimum Gasteiger partial charge on any atom is -0.305 e. The van der Waals surface area contributed by atoms with Gasteiger partial charge in [0.2, 0.25) is 0 Å². The number of amides is 1. The largest absolute Gasteiger partial charge is 0.305 e. The molecule has 2 aromatic heterocycles. The predicted molar refractivity (Wildman–Crippen MR) is 64.0 cm³/mol. The van der Waals surface area contributed by atoms with Crippen molar-refractivity contribution in [2.45, 2.75) is 6.92 Å². The minimum absolute atomic E-state index is 0.192. The van der Waals surface area contributed by atoms with Crippen LogP contribution in [0.3, 0.4) is 0 Å². The Morgan fingerprint density at radius 1 is 1.29 bits per heavy atom. The van der Waals surface area contributed by atoms with E-state index in [9.17, 15) is 4.79 Å². The van der Waals surface area contributed by atoms with Crippen molar-refractivity contribution < 1.29 is 4.79 Å². The van der Waals surface area contributed by atoms with Crippen LogP contribution in [0.15, 0.2) is 30.7 Å². The van der Waals surface area contributed by atoms with Crippen molar-refractivity contribution in [2.75, 3.05) is 5.32 Å². The lowest BCUT2D eigenvalue weighted by atomic mass is 10.3. The molecule has 0 saturated heterocycles. The Kier molecular flexibility index (Phi) is 3.30. The van der Waals surface area contributed by atoms with Gasteiger partial charge in [-0.25, -0.2) is 15.0 Å². The molecule has 0 fully saturated rings. The average molecular weight is 249 g/mol. The number of halogens is 1. The zero-order chi connectivity index (χ0) is 12.3. The third kappa shape index (κ3) is 2.98. The van der Waals surface area contributed by atoms with Gasteiger partial charge < -0.3 is 5.32 Å². The van der Waals surface area contributed by atoms with Crippen LogP contribution in [0.25, 0.3) is 0 Å². The van der Waals surface area contributed by atoms with Gasteiger partial charge in [-0.05, 0) is 24.6 Å². The van der Waals surface area contributed by atoms with E-state index in [4.69, 9.17) is 11.6 Å². The van der Waals surface area contributed by atoms with E-state index < -0.39 is 0 Å². The Labute approximate surface area is 103 Å². The molecule has 5 nitrogen and oxygen atoms in total. The quantitative estimate of drug-likeness (QED) is 0.884. The average Bonchev–Trinajstić information content (AvgIpc) is 2.29. The molecule has 0 saturated carbocycles. The van der Waals surface area contributed by atoms with E-state index in [-0.39, 0.29) is 16.8 Å². The SMILES string of the molecule is Cc1ccnc(NC(=O)c2cnc(Cl)cn2)c1. The highest BCUT2D eigenvalue weighted by Crippen LogP contribution is 2.07. The minimum atomic E-state index is -0.368. The van der Waals surface area contributed by atoms with Gasteiger partial charge in [0.1, 0.15) is 16.7 Å². The lowest BCUT2D eigenvalue weighted by molar-refractivity contribution is 0.102. The first kappa shape index (κ1) is 11.5. The fraction of sp³-hybridized carbons (Fsp3) is 0.0909. The van der Waals surface area contributed by atoms with Crippen molar-refractivity contribution in [3.63, 3.8) is 0 Å². The van der Waals surface area contributed by atoms with E-state index in [2.05, 4.69) is 20.3 Å². The summed E-state index contributed by atoms with van der Waals surface area (Å²) in [6.45, 7) is 1.92. The summed E-state index contributed by atoms with van der Waals surface area (Å²) < 4.78 is 0. The molecule has 6 heteroatoms. The molecule has 86 valence electrons. The first-order valence-electron chi connectivity index (χ1n) is 4.87. The molecule has 0 radical (unpaired) electrons. The summed E-state index contributed by atoms with van der Waals surface area (Å²) in [5.41, 5.74) is 1.20. The molecule has 0 aromatic carbocycles. The maximum absolute atomic E-state index is 11.7. The lowest BCUT2D eigenvalue weighted by Gasteiger charge is -2.03. The Hall–Kier alpha value is -2.01. The van der Waals surface area contributed by atoms with Crippen LogP contribution in [-0.2, 0) is 0 Å². The van der Waals surface area contributed by atoms with E-state index in [0.29, 0.717) is 5.82 Å². The van der Waals surface area contributed by atoms with Gasteiger partial charge in [0.15, 0.2) is 0 Å². The van der Waals surface area contributed by atoms with Gasteiger partial charge in [-0.15, -0.1) is 0 Å². The van der Waals surface area contributed by atoms with Crippen LogP contribution >= 0.6 is 11.6 Å². The smallest absolute Gasteiger partial charge is 0.277 e. The summed E-state index contributed by atoms with van der Waals surface area (Å²) in [4.78, 5) is 23.4. The van der Waals surface area contributed by atoms with E-state index in [1.807, 2.05) is 13.0 Å². The van der Waals surface area contributed by atoms with E-state index >= 15 is 0 Å². The number of pyridine rings is 1. The van der Waals surface area contributed by atoms with E-state index in [0.717, 1.165) is 5.56 Å². The van der Waals surface area contributed by atoms with Crippen LogP contribution in [0.4, 0.5) is 5.82 Å². The number of nitrogens with zero attached hydrogens (tertiary/aromatic N) is 3. The van der Waals surface area contributed by atoms with Gasteiger partial charge in [-0.3, -0.25) is 4.79 Å². The molecule has 2 aromatic rings. The molecule has 1 amide bonds. The third-order valence-corrected chi connectivity index (χ3v) is 2.21. The highest BCUT2D eigenvalue weighted by Gasteiger charge is 2.08. The molecule has 0 aliphatic carbocycles. The number of hydrogen-bond acceptors (Lipinski definition) is 4. The molecular weight excluding hydrogens is 240 g/mol. The second kappa shape index (κ2) is 4.88. The van der Waals surface area contributed by atoms with E-state index in [1.165, 1.54) is 12.4 Å². The van der Waals surface area contributed by atoms with Crippen molar-refractivity contribution in [1.29, 1.82) is 0 Å². The molecular formula is C11H9ClN4O. The van der Waals surface area contributed by atoms with Crippen molar-refractivity contribution >= 4 is 23.3 Å². The van der Waals surface area contributed by atoms with Crippen molar-refractivity contribution in [3.8, 4) is 0 Å². The number of carbonyl (C=O) groups excluding carboxylic acids is 1. The van der Waals surface area contributed by atoms with Crippen molar-refractivity contribution in [3.05, 3.63) is 47.1 Å². The molecule has 2 rings (SSSR count). The number of aromatic nitrogens is 3. The molecule has 1 N–H and O–H groups in total. The van der Waals surface area contributed by atoms with Gasteiger partial charge in [0.25, 0.3) is 5.91 Å². The van der Waals surface area contributed by atoms with Gasteiger partial charge >= 0.3 is 0 Å². The number of rotatable bonds is 2. The van der Waals surface area contributed by atoms with Crippen LogP contribution in [-0.4, -0.2) is 20.9 Å². The van der Waals surface area contributed by atoms with Gasteiger partial charge in [0, 0.05) is 6.20 Å². The van der Waals surface area contributed by atoms with Crippen LogP contribution in [0, 0.1) is 6.92 Å². The maximum atomic E-state index is 11.7. The predicted octanol–water partition coefficient (Wildman–Crippen LogP) is 2.09. The van der Waals surface area contributed by atoms with Gasteiger partial charge in [0.05, 0.1) is 12.4 Å². The highest BCUT2D eigenvalue weighted by atomic mass is 35.5. The summed E-state index contributed by atoms with van der Waals surface area (Å²) in [6.07, 6.45) is 4.26. The number of hydrogen-bond donors (Lipinski definition) is 1. The second-order valence-electron chi connectivity index (χ2n) is 3.40. The Morgan fingerprint density at radius 3 is 2.76 bits per heavy atom. The summed E-state index contributed by atoms with van der Waals surface area (Å²) in [5.74, 6) is 0.110. The summed E-state index contributed by atoms with van der Waals surface area (Å²) in [6, 6.07) is 3.61. The maximum Gasteiger partial charge on any atom is 0.277 e. The van der Waals surface area contributed by atoms with Crippen molar-refractivity contribution in [1.82, 2.24) is 15.0 Å². The summed E-state index contributed by atoms with van der Waals surface area (Å²) in [5, 5.41) is 2.87. The summed E-state index contributed by atoms with van der Waals surface area (Å²) >= 11 is 5.58.